The first-order valence-electron chi connectivity index (χ1n) is 10.00. The second kappa shape index (κ2) is 8.18. The highest BCUT2D eigenvalue weighted by atomic mass is 19.1. The van der Waals surface area contributed by atoms with E-state index in [0.29, 0.717) is 16.8 Å². The minimum Gasteiger partial charge on any atom is -0.357 e. The Morgan fingerprint density at radius 1 is 1.06 bits per heavy atom. The number of carbonyl (C=O) groups excluding carboxylic acids is 3. The molecule has 1 atom stereocenters. The van der Waals surface area contributed by atoms with E-state index in [9.17, 15) is 18.8 Å². The van der Waals surface area contributed by atoms with Crippen LogP contribution in [0.4, 0.5) is 10.1 Å². The Morgan fingerprint density at radius 3 is 2.42 bits per heavy atom. The third-order valence-electron chi connectivity index (χ3n) is 5.62. The summed E-state index contributed by atoms with van der Waals surface area (Å²) in [6.07, 6.45) is 0. The van der Waals surface area contributed by atoms with Gasteiger partial charge in [-0.25, -0.2) is 4.39 Å². The van der Waals surface area contributed by atoms with Crippen molar-refractivity contribution in [2.24, 2.45) is 0 Å². The van der Waals surface area contributed by atoms with Crippen LogP contribution in [0.15, 0.2) is 60.7 Å². The maximum absolute atomic E-state index is 13.3. The molecule has 0 spiro atoms. The van der Waals surface area contributed by atoms with Gasteiger partial charge < -0.3 is 10.2 Å². The third-order valence-corrected chi connectivity index (χ3v) is 5.62. The van der Waals surface area contributed by atoms with Gasteiger partial charge in [-0.2, -0.15) is 0 Å². The van der Waals surface area contributed by atoms with Crippen LogP contribution in [0.25, 0.3) is 10.8 Å². The van der Waals surface area contributed by atoms with Crippen LogP contribution in [-0.2, 0) is 16.1 Å². The van der Waals surface area contributed by atoms with Gasteiger partial charge in [0, 0.05) is 24.5 Å². The molecule has 0 unspecified atom stereocenters. The number of hydrogen-bond acceptors (Lipinski definition) is 3. The topological polar surface area (TPSA) is 69.7 Å². The van der Waals surface area contributed by atoms with Crippen molar-refractivity contribution in [2.45, 2.75) is 19.5 Å². The lowest BCUT2D eigenvalue weighted by atomic mass is 10.1. The maximum Gasteiger partial charge on any atom is 0.259 e. The molecule has 0 aliphatic carbocycles. The van der Waals surface area contributed by atoms with Crippen LogP contribution in [0.5, 0.6) is 0 Å². The number of halogens is 1. The van der Waals surface area contributed by atoms with Gasteiger partial charge in [0.2, 0.25) is 11.8 Å². The van der Waals surface area contributed by atoms with Crippen molar-refractivity contribution >= 4 is 34.2 Å². The molecule has 4 rings (SSSR count). The van der Waals surface area contributed by atoms with E-state index in [1.807, 2.05) is 30.3 Å². The Kier molecular flexibility index (Phi) is 5.42. The third kappa shape index (κ3) is 3.74. The fraction of sp³-hybridized carbons (Fsp3) is 0.208. The number of anilines is 1. The highest BCUT2D eigenvalue weighted by Crippen LogP contribution is 2.37. The predicted octanol–water partition coefficient (Wildman–Crippen LogP) is 3.10. The molecule has 7 heteroatoms. The number of likely N-dealkylation sites (N-methyl/N-ethyl adjacent to an activating group) is 1. The van der Waals surface area contributed by atoms with Crippen LogP contribution in [0.2, 0.25) is 0 Å². The summed E-state index contributed by atoms with van der Waals surface area (Å²) >= 11 is 0. The van der Waals surface area contributed by atoms with Crippen molar-refractivity contribution in [1.82, 2.24) is 10.2 Å². The normalized spacial score (nSPS) is 13.4. The van der Waals surface area contributed by atoms with Gasteiger partial charge in [-0.3, -0.25) is 19.3 Å². The van der Waals surface area contributed by atoms with E-state index in [1.54, 1.807) is 25.1 Å². The molecule has 0 aromatic heterocycles. The largest absolute Gasteiger partial charge is 0.357 e. The van der Waals surface area contributed by atoms with Gasteiger partial charge >= 0.3 is 0 Å². The van der Waals surface area contributed by atoms with Crippen molar-refractivity contribution in [1.29, 1.82) is 0 Å². The van der Waals surface area contributed by atoms with Crippen molar-refractivity contribution in [2.75, 3.05) is 18.5 Å². The average molecular weight is 419 g/mol. The summed E-state index contributed by atoms with van der Waals surface area (Å²) in [5.41, 5.74) is 1.93. The number of hydrogen-bond donors (Lipinski definition) is 1. The van der Waals surface area contributed by atoms with Crippen molar-refractivity contribution < 1.29 is 18.8 Å². The van der Waals surface area contributed by atoms with E-state index in [1.165, 1.54) is 29.0 Å². The van der Waals surface area contributed by atoms with Crippen molar-refractivity contribution in [3.8, 4) is 0 Å². The van der Waals surface area contributed by atoms with Crippen molar-refractivity contribution in [3.05, 3.63) is 77.6 Å². The van der Waals surface area contributed by atoms with Crippen LogP contribution >= 0.6 is 0 Å². The fourth-order valence-corrected chi connectivity index (χ4v) is 3.94. The minimum atomic E-state index is -0.765. The van der Waals surface area contributed by atoms with Crippen LogP contribution in [0.1, 0.15) is 22.8 Å². The van der Waals surface area contributed by atoms with E-state index >= 15 is 0 Å². The molecule has 31 heavy (non-hydrogen) atoms. The Bertz CT molecular complexity index is 1170. The average Bonchev–Trinajstić information content (AvgIpc) is 3.05. The first-order valence-corrected chi connectivity index (χ1v) is 10.00. The van der Waals surface area contributed by atoms with Gasteiger partial charge in [-0.1, -0.05) is 36.4 Å². The lowest BCUT2D eigenvalue weighted by Crippen LogP contribution is -2.50. The number of amides is 3. The highest BCUT2D eigenvalue weighted by molar-refractivity contribution is 6.26. The van der Waals surface area contributed by atoms with E-state index in [4.69, 9.17) is 0 Å². The maximum atomic E-state index is 13.3. The smallest absolute Gasteiger partial charge is 0.259 e. The molecular formula is C24H22FN3O3. The first-order chi connectivity index (χ1) is 14.9. The Morgan fingerprint density at radius 2 is 1.74 bits per heavy atom. The van der Waals surface area contributed by atoms with Gasteiger partial charge in [-0.05, 0) is 42.1 Å². The Labute approximate surface area is 179 Å². The molecular weight excluding hydrogens is 397 g/mol. The fourth-order valence-electron chi connectivity index (χ4n) is 3.94. The molecule has 1 heterocycles. The number of benzene rings is 3. The number of rotatable bonds is 6. The molecule has 0 saturated heterocycles. The van der Waals surface area contributed by atoms with Crippen LogP contribution in [-0.4, -0.2) is 42.3 Å². The molecule has 3 amide bonds. The second-order valence-corrected chi connectivity index (χ2v) is 7.51. The van der Waals surface area contributed by atoms with E-state index in [2.05, 4.69) is 5.32 Å². The molecule has 1 aliphatic heterocycles. The number of carbonyl (C=O) groups is 3. The Hall–Kier alpha value is -3.74. The summed E-state index contributed by atoms with van der Waals surface area (Å²) < 4.78 is 13.3. The summed E-state index contributed by atoms with van der Waals surface area (Å²) in [5.74, 6) is -1.32. The summed E-state index contributed by atoms with van der Waals surface area (Å²) in [7, 11) is 1.50. The summed E-state index contributed by atoms with van der Waals surface area (Å²) in [5, 5.41) is 4.31. The summed E-state index contributed by atoms with van der Waals surface area (Å²) in [6.45, 7) is 1.55. The van der Waals surface area contributed by atoms with Crippen LogP contribution < -0.4 is 10.2 Å². The van der Waals surface area contributed by atoms with Gasteiger partial charge in [0.1, 0.15) is 18.4 Å². The number of nitrogens with one attached hydrogen (secondary N) is 1. The zero-order valence-electron chi connectivity index (χ0n) is 17.3. The lowest BCUT2D eigenvalue weighted by Gasteiger charge is -2.30. The van der Waals surface area contributed by atoms with Gasteiger partial charge in [0.15, 0.2) is 0 Å². The van der Waals surface area contributed by atoms with Crippen LogP contribution in [0, 0.1) is 5.82 Å². The van der Waals surface area contributed by atoms with E-state index in [-0.39, 0.29) is 36.6 Å². The molecule has 0 fully saturated rings. The molecule has 3 aromatic carbocycles. The van der Waals surface area contributed by atoms with E-state index in [0.717, 1.165) is 10.8 Å². The second-order valence-electron chi connectivity index (χ2n) is 7.51. The standard InChI is InChI=1S/C24H22FN3O3/c1-15(23(30)26-2)27(13-16-9-11-18(25)12-10-16)21(29)14-28-20-8-4-6-17-5-3-7-19(22(17)20)24(28)31/h3-12,15H,13-14H2,1-2H3,(H,26,30)/t15-/m1/s1. The van der Waals surface area contributed by atoms with Crippen LogP contribution in [0.3, 0.4) is 0 Å². The quantitative estimate of drug-likeness (QED) is 0.668. The summed E-state index contributed by atoms with van der Waals surface area (Å²) in [4.78, 5) is 41.5. The zero-order chi connectivity index (χ0) is 22.1. The monoisotopic (exact) mass is 419 g/mol. The summed E-state index contributed by atoms with van der Waals surface area (Å²) in [6, 6.07) is 16.1. The predicted molar refractivity (Wildman–Crippen MR) is 116 cm³/mol. The lowest BCUT2D eigenvalue weighted by molar-refractivity contribution is -0.139. The molecule has 1 aliphatic rings. The van der Waals surface area contributed by atoms with E-state index < -0.39 is 6.04 Å². The molecule has 0 radical (unpaired) electrons. The molecule has 6 nitrogen and oxygen atoms in total. The van der Waals surface area contributed by atoms with Gasteiger partial charge in [0.25, 0.3) is 5.91 Å². The SMILES string of the molecule is CNC(=O)[C@@H](C)N(Cc1ccc(F)cc1)C(=O)CN1C(=O)c2cccc3cccc1c23. The molecule has 3 aromatic rings. The molecule has 0 bridgehead atoms. The zero-order valence-corrected chi connectivity index (χ0v) is 17.3. The van der Waals surface area contributed by atoms with Crippen molar-refractivity contribution in [3.63, 3.8) is 0 Å². The first kappa shape index (κ1) is 20.5. The minimum absolute atomic E-state index is 0.118. The van der Waals surface area contributed by atoms with Gasteiger partial charge in [-0.15, -0.1) is 0 Å². The molecule has 0 saturated carbocycles. The molecule has 158 valence electrons. The molecule has 1 N–H and O–H groups in total. The number of nitrogens with zero attached hydrogens (tertiary/aromatic N) is 2. The highest BCUT2D eigenvalue weighted by Gasteiger charge is 2.34. The van der Waals surface area contributed by atoms with Gasteiger partial charge in [0.05, 0.1) is 5.69 Å². The Balaban J connectivity index is 1.63.